The molecule has 9 nitrogen and oxygen atoms in total. The average molecular weight is 386 g/mol. The van der Waals surface area contributed by atoms with Gasteiger partial charge in [-0.25, -0.2) is 4.98 Å². The van der Waals surface area contributed by atoms with Crippen LogP contribution in [0.2, 0.25) is 5.28 Å². The molecule has 0 spiro atoms. The molecule has 3 heterocycles. The lowest BCUT2D eigenvalue weighted by molar-refractivity contribution is -0.147. The molecule has 0 radical (unpaired) electrons. The maximum atomic E-state index is 11.7. The molecule has 0 aliphatic carbocycles. The molecule has 0 unspecified atom stereocenters. The zero-order valence-electron chi connectivity index (χ0n) is 14.8. The highest BCUT2D eigenvalue weighted by molar-refractivity contribution is 6.28. The third kappa shape index (κ3) is 6.08. The van der Waals surface area contributed by atoms with Crippen molar-refractivity contribution in [1.29, 1.82) is 0 Å². The molecule has 0 aromatic carbocycles. The van der Waals surface area contributed by atoms with Gasteiger partial charge < -0.3 is 9.47 Å². The largest absolute Gasteiger partial charge is 0.444 e. The van der Waals surface area contributed by atoms with E-state index in [0.717, 1.165) is 38.9 Å². The Kier molecular flexibility index (Phi) is 8.52. The molecule has 144 valence electrons. The highest BCUT2D eigenvalue weighted by Crippen LogP contribution is 2.20. The van der Waals surface area contributed by atoms with Gasteiger partial charge in [-0.15, -0.1) is 0 Å². The molecule has 0 saturated carbocycles. The van der Waals surface area contributed by atoms with Gasteiger partial charge in [0.2, 0.25) is 5.28 Å². The zero-order valence-corrected chi connectivity index (χ0v) is 15.5. The Morgan fingerprint density at radius 3 is 2.73 bits per heavy atom. The third-order valence-electron chi connectivity index (χ3n) is 3.72. The van der Waals surface area contributed by atoms with Gasteiger partial charge in [0, 0.05) is 19.6 Å². The quantitative estimate of drug-likeness (QED) is 0.308. The van der Waals surface area contributed by atoms with Gasteiger partial charge in [-0.2, -0.15) is 9.97 Å². The molecule has 1 aliphatic heterocycles. The van der Waals surface area contributed by atoms with Gasteiger partial charge in [0.25, 0.3) is 0 Å². The van der Waals surface area contributed by atoms with Gasteiger partial charge >= 0.3 is 5.97 Å². The Morgan fingerprint density at radius 2 is 2.12 bits per heavy atom. The smallest absolute Gasteiger partial charge is 0.307 e. The second-order valence-electron chi connectivity index (χ2n) is 5.76. The highest BCUT2D eigenvalue weighted by atomic mass is 35.5. The van der Waals surface area contributed by atoms with E-state index >= 15 is 0 Å². The molecule has 0 amide bonds. The predicted octanol–water partition coefficient (Wildman–Crippen LogP) is 3.16. The van der Waals surface area contributed by atoms with Gasteiger partial charge in [0.05, 0.1) is 6.33 Å². The minimum Gasteiger partial charge on any atom is -0.444 e. The Bertz CT molecular complexity index is 701. The van der Waals surface area contributed by atoms with Crippen molar-refractivity contribution >= 4 is 34.6 Å². The van der Waals surface area contributed by atoms with Crippen LogP contribution in [0.5, 0.6) is 0 Å². The summed E-state index contributed by atoms with van der Waals surface area (Å²) in [5.41, 5.74) is 2.62. The number of halogens is 1. The number of rotatable bonds is 8. The molecule has 0 atom stereocenters. The Hall–Kier alpha value is -1.97. The summed E-state index contributed by atoms with van der Waals surface area (Å²) < 4.78 is 11.4. The fraction of sp³-hybridized carbons (Fsp3) is 0.625. The lowest BCUT2D eigenvalue weighted by Crippen LogP contribution is -2.09. The number of nitrogens with one attached hydrogen (secondary N) is 1. The second-order valence-corrected chi connectivity index (χ2v) is 6.10. The first kappa shape index (κ1) is 20.3. The summed E-state index contributed by atoms with van der Waals surface area (Å²) in [5.74, 6) is -0.168. The van der Waals surface area contributed by atoms with E-state index in [1.165, 1.54) is 17.3 Å². The van der Waals surface area contributed by atoms with Crippen molar-refractivity contribution in [2.24, 2.45) is 0 Å². The van der Waals surface area contributed by atoms with Crippen LogP contribution in [0, 0.1) is 0 Å². The minimum atomic E-state index is -0.265. The van der Waals surface area contributed by atoms with E-state index in [4.69, 9.17) is 26.3 Å². The van der Waals surface area contributed by atoms with Gasteiger partial charge in [-0.1, -0.05) is 26.2 Å². The standard InChI is InChI=1S/C13H18ClN5O3.C3H6O/c1-2-3-4-5-6-9(20)22-8-19-7-15-10-11(18-21)16-13(14)17-12(10)19;1-2-4-3-1/h7,21H,2-6,8H2,1H3,(H,16,17,18);1-3H2. The van der Waals surface area contributed by atoms with E-state index in [9.17, 15) is 4.79 Å². The fourth-order valence-corrected chi connectivity index (χ4v) is 2.31. The van der Waals surface area contributed by atoms with Crippen LogP contribution < -0.4 is 5.48 Å². The average Bonchev–Trinajstić information content (AvgIpc) is 2.97. The van der Waals surface area contributed by atoms with Crippen LogP contribution in [0.25, 0.3) is 11.2 Å². The summed E-state index contributed by atoms with van der Waals surface area (Å²) in [6, 6.07) is 0. The number of unbranched alkanes of at least 4 members (excludes halogenated alkanes) is 3. The Balaban J connectivity index is 0.000000534. The number of nitrogens with zero attached hydrogens (tertiary/aromatic N) is 4. The molecule has 1 fully saturated rings. The number of carbonyl (C=O) groups is 1. The van der Waals surface area contributed by atoms with Gasteiger partial charge in [0.1, 0.15) is 0 Å². The molecular formula is C16H24ClN5O4. The first-order valence-corrected chi connectivity index (χ1v) is 9.05. The minimum absolute atomic E-state index is 0.0126. The van der Waals surface area contributed by atoms with E-state index in [-0.39, 0.29) is 23.8 Å². The van der Waals surface area contributed by atoms with Crippen molar-refractivity contribution in [3.05, 3.63) is 11.6 Å². The fourth-order valence-electron chi connectivity index (χ4n) is 2.14. The molecule has 10 heteroatoms. The van der Waals surface area contributed by atoms with Crippen LogP contribution in [0.15, 0.2) is 6.33 Å². The lowest BCUT2D eigenvalue weighted by atomic mass is 10.2. The normalized spacial score (nSPS) is 12.9. The first-order chi connectivity index (χ1) is 12.7. The Morgan fingerprint density at radius 1 is 1.38 bits per heavy atom. The van der Waals surface area contributed by atoms with Crippen molar-refractivity contribution in [2.75, 3.05) is 18.7 Å². The lowest BCUT2D eigenvalue weighted by Gasteiger charge is -2.09. The highest BCUT2D eigenvalue weighted by Gasteiger charge is 2.13. The molecule has 26 heavy (non-hydrogen) atoms. The number of hydrogen-bond donors (Lipinski definition) is 2. The summed E-state index contributed by atoms with van der Waals surface area (Å²) in [6.45, 7) is 4.10. The summed E-state index contributed by atoms with van der Waals surface area (Å²) in [4.78, 5) is 23.5. The number of ether oxygens (including phenoxy) is 2. The van der Waals surface area contributed by atoms with E-state index in [1.54, 1.807) is 0 Å². The van der Waals surface area contributed by atoms with Crippen LogP contribution in [-0.2, 0) is 21.0 Å². The van der Waals surface area contributed by atoms with Crippen LogP contribution in [-0.4, -0.2) is 43.9 Å². The van der Waals surface area contributed by atoms with Crippen molar-refractivity contribution in [3.63, 3.8) is 0 Å². The van der Waals surface area contributed by atoms with Gasteiger partial charge in [-0.3, -0.25) is 20.0 Å². The summed E-state index contributed by atoms with van der Waals surface area (Å²) in [6.07, 6.45) is 7.20. The van der Waals surface area contributed by atoms with Crippen LogP contribution in [0.4, 0.5) is 5.82 Å². The van der Waals surface area contributed by atoms with Crippen LogP contribution >= 0.6 is 11.6 Å². The number of imidazole rings is 1. The molecule has 1 aliphatic rings. The van der Waals surface area contributed by atoms with E-state index < -0.39 is 0 Å². The van der Waals surface area contributed by atoms with Gasteiger partial charge in [-0.05, 0) is 24.4 Å². The molecule has 2 aromatic heterocycles. The maximum Gasteiger partial charge on any atom is 0.307 e. The molecule has 0 bridgehead atoms. The van der Waals surface area contributed by atoms with E-state index in [2.05, 4.69) is 21.9 Å². The molecule has 1 saturated heterocycles. The number of carbonyl (C=O) groups excluding carboxylic acids is 1. The van der Waals surface area contributed by atoms with E-state index in [0.29, 0.717) is 17.6 Å². The van der Waals surface area contributed by atoms with Crippen molar-refractivity contribution in [2.45, 2.75) is 52.2 Å². The predicted molar refractivity (Wildman–Crippen MR) is 96.0 cm³/mol. The number of aromatic nitrogens is 4. The second kappa shape index (κ2) is 10.9. The van der Waals surface area contributed by atoms with Crippen molar-refractivity contribution in [3.8, 4) is 0 Å². The van der Waals surface area contributed by atoms with Crippen LogP contribution in [0.1, 0.15) is 45.4 Å². The molecule has 2 aromatic rings. The monoisotopic (exact) mass is 385 g/mol. The molecule has 2 N–H and O–H groups in total. The van der Waals surface area contributed by atoms with E-state index in [1.807, 2.05) is 5.48 Å². The Labute approximate surface area is 156 Å². The molecular weight excluding hydrogens is 362 g/mol. The topological polar surface area (TPSA) is 111 Å². The first-order valence-electron chi connectivity index (χ1n) is 8.67. The third-order valence-corrected chi connectivity index (χ3v) is 3.89. The maximum absolute atomic E-state index is 11.7. The summed E-state index contributed by atoms with van der Waals surface area (Å²) >= 11 is 5.77. The van der Waals surface area contributed by atoms with Crippen molar-refractivity contribution < 1.29 is 19.5 Å². The summed E-state index contributed by atoms with van der Waals surface area (Å²) in [5, 5.41) is 8.95. The van der Waals surface area contributed by atoms with Gasteiger partial charge in [0.15, 0.2) is 23.7 Å². The summed E-state index contributed by atoms with van der Waals surface area (Å²) in [7, 11) is 0. The number of esters is 1. The van der Waals surface area contributed by atoms with Crippen molar-refractivity contribution in [1.82, 2.24) is 19.5 Å². The number of hydrogen-bond acceptors (Lipinski definition) is 8. The molecule has 3 rings (SSSR count). The zero-order chi connectivity index (χ0) is 18.8. The van der Waals surface area contributed by atoms with Crippen LogP contribution in [0.3, 0.4) is 0 Å². The number of anilines is 1. The SMILES string of the molecule is C1COC1.CCCCCCC(=O)OCn1cnc2c(NO)nc(Cl)nc21. The number of fused-ring (bicyclic) bond motifs is 1.